The highest BCUT2D eigenvalue weighted by Crippen LogP contribution is 2.16. The summed E-state index contributed by atoms with van der Waals surface area (Å²) in [5, 5.41) is 0.702. The highest BCUT2D eigenvalue weighted by molar-refractivity contribution is 6.30. The first-order valence-electron chi connectivity index (χ1n) is 3.60. The highest BCUT2D eigenvalue weighted by Gasteiger charge is 2.08. The van der Waals surface area contributed by atoms with Crippen LogP contribution in [0, 0.1) is 0 Å². The van der Waals surface area contributed by atoms with Crippen molar-refractivity contribution in [2.24, 2.45) is 12.8 Å². The number of halogens is 1. The lowest BCUT2D eigenvalue weighted by Gasteiger charge is -1.96. The zero-order valence-corrected chi connectivity index (χ0v) is 7.52. The molecule has 0 aliphatic carbocycles. The Morgan fingerprint density at radius 1 is 1.64 bits per heavy atom. The van der Waals surface area contributed by atoms with Gasteiger partial charge in [0.1, 0.15) is 11.0 Å². The van der Waals surface area contributed by atoms with Crippen LogP contribution >= 0.6 is 11.6 Å². The molecule has 0 aromatic carbocycles. The van der Waals surface area contributed by atoms with E-state index < -0.39 is 0 Å². The van der Waals surface area contributed by atoms with Gasteiger partial charge in [-0.3, -0.25) is 0 Å². The molecule has 11 heavy (non-hydrogen) atoms. The molecule has 0 fully saturated rings. The van der Waals surface area contributed by atoms with Gasteiger partial charge in [0.2, 0.25) is 0 Å². The van der Waals surface area contributed by atoms with Crippen molar-refractivity contribution >= 4 is 11.6 Å². The Morgan fingerprint density at radius 3 is 2.55 bits per heavy atom. The van der Waals surface area contributed by atoms with Crippen LogP contribution < -0.4 is 5.73 Å². The zero-order chi connectivity index (χ0) is 8.43. The maximum atomic E-state index is 5.94. The Balaban J connectivity index is 3.12. The number of nitrogens with zero attached hydrogens (tertiary/aromatic N) is 2. The van der Waals surface area contributed by atoms with Crippen LogP contribution in [0.1, 0.15) is 18.4 Å². The predicted octanol–water partition coefficient (Wildman–Crippen LogP) is 1.09. The molecule has 1 rings (SSSR count). The molecule has 62 valence electrons. The summed E-state index contributed by atoms with van der Waals surface area (Å²) in [7, 11) is 1.87. The summed E-state index contributed by atoms with van der Waals surface area (Å²) >= 11 is 5.94. The molecule has 0 atom stereocenters. The molecule has 0 bridgehead atoms. The number of imidazole rings is 1. The van der Waals surface area contributed by atoms with Crippen LogP contribution in [0.3, 0.4) is 0 Å². The molecule has 1 aromatic rings. The smallest absolute Gasteiger partial charge is 0.131 e. The minimum Gasteiger partial charge on any atom is -0.324 e. The van der Waals surface area contributed by atoms with Gasteiger partial charge < -0.3 is 10.3 Å². The van der Waals surface area contributed by atoms with Crippen LogP contribution in [0.2, 0.25) is 5.15 Å². The molecule has 0 aliphatic rings. The van der Waals surface area contributed by atoms with Crippen molar-refractivity contribution in [3.05, 3.63) is 16.7 Å². The Bertz CT molecular complexity index is 230. The van der Waals surface area contributed by atoms with Crippen molar-refractivity contribution in [1.82, 2.24) is 9.55 Å². The van der Waals surface area contributed by atoms with E-state index in [2.05, 4.69) is 4.98 Å². The minimum absolute atomic E-state index is 0.441. The van der Waals surface area contributed by atoms with Gasteiger partial charge in [0.25, 0.3) is 0 Å². The van der Waals surface area contributed by atoms with Crippen LogP contribution in [0.15, 0.2) is 0 Å². The molecule has 1 heterocycles. The first-order valence-corrected chi connectivity index (χ1v) is 3.98. The van der Waals surface area contributed by atoms with Crippen molar-refractivity contribution < 1.29 is 0 Å². The Labute approximate surface area is 71.2 Å². The molecule has 0 saturated carbocycles. The average Bonchev–Trinajstić information content (AvgIpc) is 2.30. The summed E-state index contributed by atoms with van der Waals surface area (Å²) in [4.78, 5) is 4.25. The topological polar surface area (TPSA) is 43.8 Å². The number of hydrogen-bond acceptors (Lipinski definition) is 2. The molecular formula is C7H12ClN3. The number of hydrogen-bond donors (Lipinski definition) is 1. The lowest BCUT2D eigenvalue weighted by molar-refractivity contribution is 0.794. The Morgan fingerprint density at radius 2 is 2.27 bits per heavy atom. The van der Waals surface area contributed by atoms with E-state index in [9.17, 15) is 0 Å². The van der Waals surface area contributed by atoms with E-state index in [4.69, 9.17) is 17.3 Å². The van der Waals surface area contributed by atoms with E-state index in [0.717, 1.165) is 17.9 Å². The van der Waals surface area contributed by atoms with Gasteiger partial charge in [0, 0.05) is 7.05 Å². The molecule has 0 radical (unpaired) electrons. The van der Waals surface area contributed by atoms with Gasteiger partial charge in [0.15, 0.2) is 0 Å². The van der Waals surface area contributed by atoms with Gasteiger partial charge in [-0.05, 0) is 6.42 Å². The number of rotatable bonds is 2. The molecule has 4 heteroatoms. The molecular weight excluding hydrogens is 162 g/mol. The first kappa shape index (κ1) is 8.56. The third-order valence-electron chi connectivity index (χ3n) is 1.70. The third kappa shape index (κ3) is 1.39. The molecule has 0 aliphatic heterocycles. The normalized spacial score (nSPS) is 10.5. The second kappa shape index (κ2) is 3.24. The van der Waals surface area contributed by atoms with E-state index >= 15 is 0 Å². The summed E-state index contributed by atoms with van der Waals surface area (Å²) in [6.07, 6.45) is 0.854. The van der Waals surface area contributed by atoms with Gasteiger partial charge in [-0.15, -0.1) is 0 Å². The van der Waals surface area contributed by atoms with Crippen LogP contribution in [-0.4, -0.2) is 9.55 Å². The van der Waals surface area contributed by atoms with E-state index in [0.29, 0.717) is 11.7 Å². The minimum atomic E-state index is 0.441. The monoisotopic (exact) mass is 173 g/mol. The van der Waals surface area contributed by atoms with Crippen LogP contribution in [0.25, 0.3) is 0 Å². The first-order chi connectivity index (χ1) is 5.20. The molecule has 0 unspecified atom stereocenters. The molecule has 0 amide bonds. The largest absolute Gasteiger partial charge is 0.324 e. The fourth-order valence-electron chi connectivity index (χ4n) is 0.991. The SMILES string of the molecule is CCc1nc(CN)n(C)c1Cl. The standard InChI is InChI=1S/C7H12ClN3/c1-3-5-7(8)11(2)6(4-9)10-5/h3-4,9H2,1-2H3. The van der Waals surface area contributed by atoms with Gasteiger partial charge >= 0.3 is 0 Å². The Kier molecular flexibility index (Phi) is 2.52. The Hall–Kier alpha value is -0.540. The maximum absolute atomic E-state index is 5.94. The second-order valence-electron chi connectivity index (χ2n) is 2.38. The molecule has 0 saturated heterocycles. The summed E-state index contributed by atoms with van der Waals surface area (Å²) < 4.78 is 1.82. The van der Waals surface area contributed by atoms with E-state index in [1.807, 2.05) is 18.5 Å². The summed E-state index contributed by atoms with van der Waals surface area (Å²) in [6, 6.07) is 0. The number of aryl methyl sites for hydroxylation is 1. The molecule has 1 aromatic heterocycles. The van der Waals surface area contributed by atoms with Crippen molar-refractivity contribution in [2.75, 3.05) is 0 Å². The van der Waals surface area contributed by atoms with Crippen LogP contribution in [-0.2, 0) is 20.0 Å². The molecule has 3 nitrogen and oxygen atoms in total. The van der Waals surface area contributed by atoms with Crippen molar-refractivity contribution in [3.63, 3.8) is 0 Å². The average molecular weight is 174 g/mol. The summed E-state index contributed by atoms with van der Waals surface area (Å²) in [6.45, 7) is 2.46. The van der Waals surface area contributed by atoms with Crippen molar-refractivity contribution in [1.29, 1.82) is 0 Å². The number of aromatic nitrogens is 2. The van der Waals surface area contributed by atoms with E-state index in [1.54, 1.807) is 0 Å². The van der Waals surface area contributed by atoms with Gasteiger partial charge in [-0.25, -0.2) is 4.98 Å². The van der Waals surface area contributed by atoms with Gasteiger partial charge in [-0.1, -0.05) is 18.5 Å². The second-order valence-corrected chi connectivity index (χ2v) is 2.74. The fraction of sp³-hybridized carbons (Fsp3) is 0.571. The van der Waals surface area contributed by atoms with Gasteiger partial charge in [0.05, 0.1) is 12.2 Å². The summed E-state index contributed by atoms with van der Waals surface area (Å²) in [5.74, 6) is 0.840. The molecule has 2 N–H and O–H groups in total. The highest BCUT2D eigenvalue weighted by atomic mass is 35.5. The van der Waals surface area contributed by atoms with E-state index in [-0.39, 0.29) is 0 Å². The number of nitrogens with two attached hydrogens (primary N) is 1. The predicted molar refractivity (Wildman–Crippen MR) is 45.5 cm³/mol. The fourth-order valence-corrected chi connectivity index (χ4v) is 1.26. The zero-order valence-electron chi connectivity index (χ0n) is 6.76. The van der Waals surface area contributed by atoms with E-state index in [1.165, 1.54) is 0 Å². The van der Waals surface area contributed by atoms with Crippen LogP contribution in [0.5, 0.6) is 0 Å². The van der Waals surface area contributed by atoms with Crippen LogP contribution in [0.4, 0.5) is 0 Å². The maximum Gasteiger partial charge on any atom is 0.131 e. The van der Waals surface area contributed by atoms with Crippen molar-refractivity contribution in [3.8, 4) is 0 Å². The molecule has 0 spiro atoms. The summed E-state index contributed by atoms with van der Waals surface area (Å²) in [5.41, 5.74) is 6.37. The third-order valence-corrected chi connectivity index (χ3v) is 2.17. The van der Waals surface area contributed by atoms with Gasteiger partial charge in [-0.2, -0.15) is 0 Å². The lowest BCUT2D eigenvalue weighted by Crippen LogP contribution is -2.04. The lowest BCUT2D eigenvalue weighted by atomic mass is 10.4. The quantitative estimate of drug-likeness (QED) is 0.728. The van der Waals surface area contributed by atoms with Crippen molar-refractivity contribution in [2.45, 2.75) is 19.9 Å².